The van der Waals surface area contributed by atoms with E-state index in [1.54, 1.807) is 36.4 Å². The molecule has 3 aromatic rings. The Bertz CT molecular complexity index is 988. The molecule has 0 atom stereocenters. The first-order valence-electron chi connectivity index (χ1n) is 7.47. The lowest BCUT2D eigenvalue weighted by atomic mass is 10.1. The molecule has 4 N–H and O–H groups in total. The molecule has 0 fully saturated rings. The molecule has 7 heteroatoms. The van der Waals surface area contributed by atoms with Gasteiger partial charge in [-0.25, -0.2) is 0 Å². The first kappa shape index (κ1) is 16.7. The number of carbonyl (C=O) groups excluding carboxylic acids is 2. The number of hydrogen-bond acceptors (Lipinski definition) is 4. The number of nitrogens with one attached hydrogen (secondary N) is 2. The largest absolute Gasteiger partial charge is 0.397 e. The first-order chi connectivity index (χ1) is 12.0. The Balaban J connectivity index is 1.78. The minimum absolute atomic E-state index is 0.152. The molecule has 0 saturated carbocycles. The van der Waals surface area contributed by atoms with Crippen molar-refractivity contribution in [3.05, 3.63) is 70.4 Å². The van der Waals surface area contributed by atoms with Gasteiger partial charge in [0.15, 0.2) is 0 Å². The number of aromatic nitrogens is 1. The Morgan fingerprint density at radius 3 is 2.60 bits per heavy atom. The zero-order valence-corrected chi connectivity index (χ0v) is 14.1. The Morgan fingerprint density at radius 1 is 1.08 bits per heavy atom. The fraction of sp³-hybridized carbons (Fsp3) is 0.0556. The van der Waals surface area contributed by atoms with E-state index in [9.17, 15) is 9.59 Å². The van der Waals surface area contributed by atoms with Gasteiger partial charge in [0.25, 0.3) is 11.8 Å². The lowest BCUT2D eigenvalue weighted by Gasteiger charge is -2.11. The molecule has 2 amide bonds. The molecular formula is C18H15ClN4O2. The number of hydrazine groups is 1. The van der Waals surface area contributed by atoms with Gasteiger partial charge in [-0.1, -0.05) is 29.3 Å². The molecule has 0 spiro atoms. The van der Waals surface area contributed by atoms with E-state index >= 15 is 0 Å². The molecule has 0 aliphatic heterocycles. The van der Waals surface area contributed by atoms with Crippen molar-refractivity contribution in [2.45, 2.75) is 6.92 Å². The molecule has 1 aromatic heterocycles. The minimum Gasteiger partial charge on any atom is -0.397 e. The topological polar surface area (TPSA) is 97.1 Å². The maximum Gasteiger partial charge on any atom is 0.273 e. The Labute approximate surface area is 149 Å². The quantitative estimate of drug-likeness (QED) is 0.616. The van der Waals surface area contributed by atoms with Crippen LogP contribution in [0.15, 0.2) is 48.7 Å². The average molecular weight is 355 g/mol. The SMILES string of the molecule is Cc1cccc(C(=O)NNC(=O)c2cnc3ccc(Cl)cc3c2N)c1. The number of nitrogens with zero attached hydrogens (tertiary/aromatic N) is 1. The van der Waals surface area contributed by atoms with Gasteiger partial charge in [0.2, 0.25) is 0 Å². The zero-order valence-electron chi connectivity index (χ0n) is 13.3. The summed E-state index contributed by atoms with van der Waals surface area (Å²) in [5.74, 6) is -0.986. The molecule has 6 nitrogen and oxygen atoms in total. The van der Waals surface area contributed by atoms with E-state index in [2.05, 4.69) is 15.8 Å². The van der Waals surface area contributed by atoms with E-state index in [0.717, 1.165) is 5.56 Å². The summed E-state index contributed by atoms with van der Waals surface area (Å²) in [6.45, 7) is 1.88. The van der Waals surface area contributed by atoms with Crippen LogP contribution < -0.4 is 16.6 Å². The molecule has 0 aliphatic rings. The van der Waals surface area contributed by atoms with Gasteiger partial charge in [-0.2, -0.15) is 0 Å². The average Bonchev–Trinajstić information content (AvgIpc) is 2.60. The highest BCUT2D eigenvalue weighted by atomic mass is 35.5. The van der Waals surface area contributed by atoms with Crippen LogP contribution in [-0.2, 0) is 0 Å². The van der Waals surface area contributed by atoms with Crippen molar-refractivity contribution >= 4 is 40.0 Å². The van der Waals surface area contributed by atoms with Crippen LogP contribution in [0.2, 0.25) is 5.02 Å². The number of halogens is 1. The van der Waals surface area contributed by atoms with E-state index in [4.69, 9.17) is 17.3 Å². The molecule has 1 heterocycles. The Morgan fingerprint density at radius 2 is 1.84 bits per heavy atom. The second kappa shape index (κ2) is 6.78. The van der Waals surface area contributed by atoms with Crippen LogP contribution in [0.4, 0.5) is 5.69 Å². The number of fused-ring (bicyclic) bond motifs is 1. The van der Waals surface area contributed by atoms with E-state index in [1.165, 1.54) is 6.20 Å². The van der Waals surface area contributed by atoms with Crippen LogP contribution in [0, 0.1) is 6.92 Å². The van der Waals surface area contributed by atoms with Gasteiger partial charge in [0, 0.05) is 22.2 Å². The summed E-state index contributed by atoms with van der Waals surface area (Å²) < 4.78 is 0. The molecule has 126 valence electrons. The minimum atomic E-state index is -0.562. The van der Waals surface area contributed by atoms with E-state index in [0.29, 0.717) is 21.5 Å². The van der Waals surface area contributed by atoms with Crippen molar-refractivity contribution in [2.75, 3.05) is 5.73 Å². The summed E-state index contributed by atoms with van der Waals surface area (Å²) in [7, 11) is 0. The number of amides is 2. The number of nitrogen functional groups attached to an aromatic ring is 1. The predicted molar refractivity (Wildman–Crippen MR) is 97.3 cm³/mol. The lowest BCUT2D eigenvalue weighted by Crippen LogP contribution is -2.41. The molecular weight excluding hydrogens is 340 g/mol. The molecule has 2 aromatic carbocycles. The highest BCUT2D eigenvalue weighted by Crippen LogP contribution is 2.25. The van der Waals surface area contributed by atoms with Crippen molar-refractivity contribution in [2.24, 2.45) is 0 Å². The number of nitrogens with two attached hydrogens (primary N) is 1. The fourth-order valence-corrected chi connectivity index (χ4v) is 2.58. The van der Waals surface area contributed by atoms with Gasteiger partial charge < -0.3 is 5.73 Å². The summed E-state index contributed by atoms with van der Waals surface area (Å²) in [6, 6.07) is 12.1. The third-order valence-corrected chi connectivity index (χ3v) is 3.92. The number of benzene rings is 2. The maximum absolute atomic E-state index is 12.3. The van der Waals surface area contributed by atoms with Crippen molar-refractivity contribution < 1.29 is 9.59 Å². The van der Waals surface area contributed by atoms with Crippen LogP contribution in [0.1, 0.15) is 26.3 Å². The van der Waals surface area contributed by atoms with E-state index in [-0.39, 0.29) is 11.3 Å². The van der Waals surface area contributed by atoms with E-state index < -0.39 is 11.8 Å². The second-order valence-corrected chi connectivity index (χ2v) is 5.96. The van der Waals surface area contributed by atoms with Gasteiger partial charge in [-0.3, -0.25) is 25.4 Å². The van der Waals surface area contributed by atoms with E-state index in [1.807, 2.05) is 13.0 Å². The molecule has 0 radical (unpaired) electrons. The number of carbonyl (C=O) groups is 2. The summed E-state index contributed by atoms with van der Waals surface area (Å²) in [4.78, 5) is 28.6. The first-order valence-corrected chi connectivity index (χ1v) is 7.84. The molecule has 0 unspecified atom stereocenters. The number of anilines is 1. The molecule has 0 aliphatic carbocycles. The Hall–Kier alpha value is -3.12. The number of pyridine rings is 1. The van der Waals surface area contributed by atoms with Gasteiger partial charge in [0.05, 0.1) is 16.8 Å². The maximum atomic E-state index is 12.3. The van der Waals surface area contributed by atoms with Gasteiger partial charge >= 0.3 is 0 Å². The third-order valence-electron chi connectivity index (χ3n) is 3.69. The van der Waals surface area contributed by atoms with Gasteiger partial charge in [-0.15, -0.1) is 0 Å². The second-order valence-electron chi connectivity index (χ2n) is 5.52. The lowest BCUT2D eigenvalue weighted by molar-refractivity contribution is 0.0847. The van der Waals surface area contributed by atoms with Crippen LogP contribution >= 0.6 is 11.6 Å². The van der Waals surface area contributed by atoms with Crippen LogP contribution in [0.3, 0.4) is 0 Å². The third kappa shape index (κ3) is 3.54. The normalized spacial score (nSPS) is 10.5. The zero-order chi connectivity index (χ0) is 18.0. The predicted octanol–water partition coefficient (Wildman–Crippen LogP) is 2.85. The standard InChI is InChI=1S/C18H15ClN4O2/c1-10-3-2-4-11(7-10)17(24)22-23-18(25)14-9-21-15-6-5-12(19)8-13(15)16(14)20/h2-9H,1H3,(H2,20,21)(H,22,24)(H,23,25). The smallest absolute Gasteiger partial charge is 0.273 e. The fourth-order valence-electron chi connectivity index (χ4n) is 2.41. The number of hydrogen-bond donors (Lipinski definition) is 3. The molecule has 3 rings (SSSR count). The highest BCUT2D eigenvalue weighted by molar-refractivity contribution is 6.31. The summed E-state index contributed by atoms with van der Waals surface area (Å²) in [6.07, 6.45) is 1.36. The van der Waals surface area contributed by atoms with Crippen LogP contribution in [-0.4, -0.2) is 16.8 Å². The van der Waals surface area contributed by atoms with Crippen molar-refractivity contribution in [3.8, 4) is 0 Å². The Kier molecular flexibility index (Phi) is 4.54. The van der Waals surface area contributed by atoms with Crippen molar-refractivity contribution in [1.82, 2.24) is 15.8 Å². The number of rotatable bonds is 2. The summed E-state index contributed by atoms with van der Waals surface area (Å²) in [5, 5.41) is 1.07. The van der Waals surface area contributed by atoms with Gasteiger partial charge in [-0.05, 0) is 37.3 Å². The van der Waals surface area contributed by atoms with Crippen LogP contribution in [0.25, 0.3) is 10.9 Å². The summed E-state index contributed by atoms with van der Waals surface area (Å²) >= 11 is 5.96. The molecule has 25 heavy (non-hydrogen) atoms. The van der Waals surface area contributed by atoms with Gasteiger partial charge in [0.1, 0.15) is 0 Å². The number of aryl methyl sites for hydroxylation is 1. The monoisotopic (exact) mass is 354 g/mol. The molecule has 0 saturated heterocycles. The van der Waals surface area contributed by atoms with Crippen LogP contribution in [0.5, 0.6) is 0 Å². The van der Waals surface area contributed by atoms with Crippen molar-refractivity contribution in [1.29, 1.82) is 0 Å². The highest BCUT2D eigenvalue weighted by Gasteiger charge is 2.15. The van der Waals surface area contributed by atoms with Crippen molar-refractivity contribution in [3.63, 3.8) is 0 Å². The molecule has 0 bridgehead atoms. The summed E-state index contributed by atoms with van der Waals surface area (Å²) in [5.41, 5.74) is 13.2.